The zero-order valence-corrected chi connectivity index (χ0v) is 11.8. The molecule has 0 amide bonds. The molecular weight excluding hydrogens is 276 g/mol. The molecule has 0 bridgehead atoms. The van der Waals surface area contributed by atoms with Crippen LogP contribution in [0.1, 0.15) is 61.2 Å². The van der Waals surface area contributed by atoms with E-state index in [-0.39, 0.29) is 11.8 Å². The van der Waals surface area contributed by atoms with E-state index < -0.39 is 5.97 Å². The summed E-state index contributed by atoms with van der Waals surface area (Å²) in [6, 6.07) is 0. The summed E-state index contributed by atoms with van der Waals surface area (Å²) in [7, 11) is 0. The number of nitrogens with zero attached hydrogens (tertiary/aromatic N) is 4. The average Bonchev–Trinajstić information content (AvgIpc) is 3.08. The quantitative estimate of drug-likeness (QED) is 0.939. The van der Waals surface area contributed by atoms with Gasteiger partial charge in [-0.1, -0.05) is 24.2 Å². The maximum atomic E-state index is 11.4. The number of carbonyl (C=O) groups is 1. The molecule has 2 aromatic rings. The van der Waals surface area contributed by atoms with Crippen molar-refractivity contribution in [1.82, 2.24) is 19.8 Å². The first-order valence-electron chi connectivity index (χ1n) is 7.19. The molecule has 7 heteroatoms. The van der Waals surface area contributed by atoms with Crippen molar-refractivity contribution >= 4 is 22.3 Å². The zero-order chi connectivity index (χ0) is 13.7. The number of hydrogen-bond donors (Lipinski definition) is 1. The topological polar surface area (TPSA) is 80.4 Å². The van der Waals surface area contributed by atoms with Crippen molar-refractivity contribution in [2.24, 2.45) is 5.92 Å². The Balaban J connectivity index is 1.71. The van der Waals surface area contributed by atoms with Gasteiger partial charge in [0.05, 0.1) is 5.92 Å². The van der Waals surface area contributed by atoms with E-state index in [0.29, 0.717) is 5.92 Å². The Morgan fingerprint density at radius 2 is 2.00 bits per heavy atom. The third-order valence-electron chi connectivity index (χ3n) is 4.37. The minimum Gasteiger partial charge on any atom is -0.481 e. The van der Waals surface area contributed by atoms with Gasteiger partial charge in [-0.15, -0.1) is 10.2 Å². The smallest absolute Gasteiger partial charge is 0.307 e. The second-order valence-corrected chi connectivity index (χ2v) is 6.79. The van der Waals surface area contributed by atoms with E-state index in [0.717, 1.165) is 54.3 Å². The first kappa shape index (κ1) is 12.3. The van der Waals surface area contributed by atoms with Gasteiger partial charge in [0.2, 0.25) is 4.96 Å². The van der Waals surface area contributed by atoms with Crippen LogP contribution in [0.2, 0.25) is 0 Å². The third kappa shape index (κ3) is 1.91. The molecule has 2 aromatic heterocycles. The summed E-state index contributed by atoms with van der Waals surface area (Å²) in [6.07, 6.45) is 6.09. The molecule has 1 N–H and O–H groups in total. The minimum absolute atomic E-state index is 0.0417. The summed E-state index contributed by atoms with van der Waals surface area (Å²) < 4.78 is 1.84. The van der Waals surface area contributed by atoms with Crippen LogP contribution in [0.3, 0.4) is 0 Å². The predicted molar refractivity (Wildman–Crippen MR) is 73.0 cm³/mol. The normalized spacial score (nSPS) is 27.0. The van der Waals surface area contributed by atoms with Gasteiger partial charge >= 0.3 is 5.97 Å². The zero-order valence-electron chi connectivity index (χ0n) is 11.0. The van der Waals surface area contributed by atoms with Crippen LogP contribution >= 0.6 is 11.3 Å². The first-order chi connectivity index (χ1) is 9.74. The molecule has 4 rings (SSSR count). The number of fused-ring (bicyclic) bond motifs is 1. The molecule has 6 nitrogen and oxygen atoms in total. The Labute approximate surface area is 119 Å². The number of carboxylic acids is 1. The van der Waals surface area contributed by atoms with Gasteiger partial charge < -0.3 is 5.11 Å². The lowest BCUT2D eigenvalue weighted by molar-refractivity contribution is -0.143. The monoisotopic (exact) mass is 292 g/mol. The van der Waals surface area contributed by atoms with Crippen LogP contribution in [0.5, 0.6) is 0 Å². The highest BCUT2D eigenvalue weighted by Gasteiger charge is 2.36. The second kappa shape index (κ2) is 4.51. The van der Waals surface area contributed by atoms with Gasteiger partial charge in [-0.05, 0) is 25.7 Å². The molecule has 2 fully saturated rings. The third-order valence-corrected chi connectivity index (χ3v) is 5.40. The van der Waals surface area contributed by atoms with E-state index in [9.17, 15) is 9.90 Å². The fourth-order valence-corrected chi connectivity index (χ4v) is 4.16. The number of hydrogen-bond acceptors (Lipinski definition) is 5. The first-order valence-corrected chi connectivity index (χ1v) is 8.00. The van der Waals surface area contributed by atoms with Crippen LogP contribution in [0, 0.1) is 5.92 Å². The number of aromatic nitrogens is 4. The fraction of sp³-hybridized carbons (Fsp3) is 0.692. The van der Waals surface area contributed by atoms with E-state index in [1.165, 1.54) is 11.3 Å². The Morgan fingerprint density at radius 3 is 2.75 bits per heavy atom. The number of carboxylic acid groups (broad SMARTS) is 1. The molecule has 0 spiro atoms. The summed E-state index contributed by atoms with van der Waals surface area (Å²) in [4.78, 5) is 12.2. The van der Waals surface area contributed by atoms with Gasteiger partial charge in [-0.3, -0.25) is 4.79 Å². The van der Waals surface area contributed by atoms with Gasteiger partial charge in [-0.25, -0.2) is 0 Å². The van der Waals surface area contributed by atoms with Gasteiger partial charge in [0.15, 0.2) is 5.82 Å². The average molecular weight is 292 g/mol. The van der Waals surface area contributed by atoms with E-state index in [1.807, 2.05) is 4.52 Å². The van der Waals surface area contributed by atoms with E-state index in [2.05, 4.69) is 15.3 Å². The van der Waals surface area contributed by atoms with E-state index in [4.69, 9.17) is 0 Å². The Hall–Kier alpha value is -1.50. The molecule has 2 aliphatic rings. The van der Waals surface area contributed by atoms with Gasteiger partial charge in [0.25, 0.3) is 0 Å². The second-order valence-electron chi connectivity index (χ2n) is 5.80. The van der Waals surface area contributed by atoms with Gasteiger partial charge in [0.1, 0.15) is 5.01 Å². The standard InChI is InChI=1S/C13H16N4O2S/c18-12(19)9-4-2-1-3-8(9)11-16-17-10(7-5-6-7)14-15-13(17)20-11/h7-9H,1-6H2,(H,18,19). The molecule has 2 heterocycles. The van der Waals surface area contributed by atoms with Crippen LogP contribution in [0.4, 0.5) is 0 Å². The maximum absolute atomic E-state index is 11.4. The van der Waals surface area contributed by atoms with Gasteiger partial charge in [0, 0.05) is 11.8 Å². The number of rotatable bonds is 3. The molecule has 2 atom stereocenters. The molecule has 0 saturated heterocycles. The SMILES string of the molecule is O=C(O)C1CCCCC1c1nn2c(C3CC3)nnc2s1. The Bertz CT molecular complexity index is 660. The molecule has 0 radical (unpaired) electrons. The summed E-state index contributed by atoms with van der Waals surface area (Å²) in [5.41, 5.74) is 0. The highest BCUT2D eigenvalue weighted by atomic mass is 32.1. The number of aliphatic carboxylic acids is 1. The lowest BCUT2D eigenvalue weighted by atomic mass is 9.80. The highest BCUT2D eigenvalue weighted by Crippen LogP contribution is 2.42. The largest absolute Gasteiger partial charge is 0.481 e. The Kier molecular flexibility index (Phi) is 2.76. The van der Waals surface area contributed by atoms with Crippen molar-refractivity contribution in [3.05, 3.63) is 10.8 Å². The summed E-state index contributed by atoms with van der Waals surface area (Å²) >= 11 is 1.51. The van der Waals surface area contributed by atoms with Crippen molar-refractivity contribution in [1.29, 1.82) is 0 Å². The molecule has 2 aliphatic carbocycles. The van der Waals surface area contributed by atoms with Crippen LogP contribution in [-0.4, -0.2) is 30.9 Å². The minimum atomic E-state index is -0.692. The summed E-state index contributed by atoms with van der Waals surface area (Å²) in [6.45, 7) is 0. The van der Waals surface area contributed by atoms with Crippen LogP contribution in [-0.2, 0) is 4.79 Å². The van der Waals surface area contributed by atoms with Crippen molar-refractivity contribution in [2.75, 3.05) is 0 Å². The van der Waals surface area contributed by atoms with Crippen molar-refractivity contribution in [3.8, 4) is 0 Å². The fourth-order valence-electron chi connectivity index (χ4n) is 3.11. The molecule has 106 valence electrons. The lowest BCUT2D eigenvalue weighted by Crippen LogP contribution is -2.25. The van der Waals surface area contributed by atoms with Crippen LogP contribution in [0.15, 0.2) is 0 Å². The molecule has 20 heavy (non-hydrogen) atoms. The molecule has 2 unspecified atom stereocenters. The maximum Gasteiger partial charge on any atom is 0.307 e. The molecule has 0 aromatic carbocycles. The van der Waals surface area contributed by atoms with Crippen molar-refractivity contribution in [3.63, 3.8) is 0 Å². The van der Waals surface area contributed by atoms with E-state index in [1.54, 1.807) is 0 Å². The molecular formula is C13H16N4O2S. The lowest BCUT2D eigenvalue weighted by Gasteiger charge is -2.26. The van der Waals surface area contributed by atoms with E-state index >= 15 is 0 Å². The van der Waals surface area contributed by atoms with Crippen LogP contribution < -0.4 is 0 Å². The Morgan fingerprint density at radius 1 is 1.20 bits per heavy atom. The van der Waals surface area contributed by atoms with Crippen LogP contribution in [0.25, 0.3) is 4.96 Å². The molecule has 0 aliphatic heterocycles. The molecule has 2 saturated carbocycles. The van der Waals surface area contributed by atoms with Crippen molar-refractivity contribution in [2.45, 2.75) is 50.4 Å². The summed E-state index contributed by atoms with van der Waals surface area (Å²) in [5.74, 6) is 0.506. The highest BCUT2D eigenvalue weighted by molar-refractivity contribution is 7.16. The predicted octanol–water partition coefficient (Wildman–Crippen LogP) is 2.42. The van der Waals surface area contributed by atoms with Gasteiger partial charge in [-0.2, -0.15) is 9.61 Å². The summed E-state index contributed by atoms with van der Waals surface area (Å²) in [5, 5.41) is 23.3. The van der Waals surface area contributed by atoms with Crippen molar-refractivity contribution < 1.29 is 9.90 Å².